The number of carbonyl (C=O) groups excluding carboxylic acids is 1. The first-order chi connectivity index (χ1) is 11.0. The lowest BCUT2D eigenvalue weighted by atomic mass is 10.1. The monoisotopic (exact) mass is 314 g/mol. The number of aromatic amines is 1. The van der Waals surface area contributed by atoms with Crippen molar-refractivity contribution in [3.63, 3.8) is 0 Å². The van der Waals surface area contributed by atoms with Crippen LogP contribution in [0.2, 0.25) is 0 Å². The Morgan fingerprint density at radius 1 is 1.13 bits per heavy atom. The van der Waals surface area contributed by atoms with Crippen LogP contribution in [0.5, 0.6) is 0 Å². The van der Waals surface area contributed by atoms with E-state index in [-0.39, 0.29) is 5.91 Å². The van der Waals surface area contributed by atoms with Crippen LogP contribution in [0.3, 0.4) is 0 Å². The molecule has 2 aromatic rings. The predicted octanol–water partition coefficient (Wildman–Crippen LogP) is 2.16. The van der Waals surface area contributed by atoms with Gasteiger partial charge in [-0.05, 0) is 33.5 Å². The SMILES string of the molecule is Cc1ccc(CC(=O)N(CCN(C)C)Cc2nc[nH]c2C)cc1. The minimum Gasteiger partial charge on any atom is -0.348 e. The maximum Gasteiger partial charge on any atom is 0.227 e. The second-order valence-electron chi connectivity index (χ2n) is 6.26. The first-order valence-electron chi connectivity index (χ1n) is 7.92. The molecule has 0 saturated heterocycles. The highest BCUT2D eigenvalue weighted by atomic mass is 16.2. The summed E-state index contributed by atoms with van der Waals surface area (Å²) in [4.78, 5) is 24.1. The predicted molar refractivity (Wildman–Crippen MR) is 92.2 cm³/mol. The smallest absolute Gasteiger partial charge is 0.227 e. The van der Waals surface area contributed by atoms with Gasteiger partial charge in [0, 0.05) is 18.8 Å². The summed E-state index contributed by atoms with van der Waals surface area (Å²) in [7, 11) is 4.03. The molecule has 0 fully saturated rings. The molecule has 0 aliphatic carbocycles. The molecule has 0 spiro atoms. The van der Waals surface area contributed by atoms with Crippen LogP contribution >= 0.6 is 0 Å². The molecule has 1 N–H and O–H groups in total. The number of aryl methyl sites for hydroxylation is 2. The topological polar surface area (TPSA) is 52.2 Å². The van der Waals surface area contributed by atoms with Crippen LogP contribution in [-0.2, 0) is 17.8 Å². The summed E-state index contributed by atoms with van der Waals surface area (Å²) in [6.07, 6.45) is 2.11. The van der Waals surface area contributed by atoms with E-state index in [4.69, 9.17) is 0 Å². The van der Waals surface area contributed by atoms with Gasteiger partial charge < -0.3 is 14.8 Å². The lowest BCUT2D eigenvalue weighted by Gasteiger charge is -2.24. The quantitative estimate of drug-likeness (QED) is 0.852. The average molecular weight is 314 g/mol. The Morgan fingerprint density at radius 3 is 2.39 bits per heavy atom. The molecule has 0 unspecified atom stereocenters. The van der Waals surface area contributed by atoms with Gasteiger partial charge in [0.15, 0.2) is 0 Å². The largest absolute Gasteiger partial charge is 0.348 e. The first kappa shape index (κ1) is 17.2. The summed E-state index contributed by atoms with van der Waals surface area (Å²) in [6, 6.07) is 8.14. The lowest BCUT2D eigenvalue weighted by Crippen LogP contribution is -2.37. The molecule has 1 amide bonds. The van der Waals surface area contributed by atoms with E-state index >= 15 is 0 Å². The Labute approximate surface area is 138 Å². The van der Waals surface area contributed by atoms with Gasteiger partial charge in [-0.15, -0.1) is 0 Å². The third kappa shape index (κ3) is 5.21. The third-order valence-electron chi connectivity index (χ3n) is 3.92. The molecule has 0 aliphatic rings. The maximum absolute atomic E-state index is 12.7. The van der Waals surface area contributed by atoms with Gasteiger partial charge in [-0.1, -0.05) is 29.8 Å². The van der Waals surface area contributed by atoms with E-state index in [0.717, 1.165) is 23.5 Å². The maximum atomic E-state index is 12.7. The molecule has 0 radical (unpaired) electrons. The minimum atomic E-state index is 0.137. The fraction of sp³-hybridized carbons (Fsp3) is 0.444. The summed E-state index contributed by atoms with van der Waals surface area (Å²) in [6.45, 7) is 6.12. The molecule has 0 saturated carbocycles. The number of nitrogens with one attached hydrogen (secondary N) is 1. The van der Waals surface area contributed by atoms with Gasteiger partial charge in [0.2, 0.25) is 5.91 Å². The van der Waals surface area contributed by atoms with E-state index in [1.165, 1.54) is 5.56 Å². The number of carbonyl (C=O) groups is 1. The van der Waals surface area contributed by atoms with Crippen molar-refractivity contribution in [3.8, 4) is 0 Å². The summed E-state index contributed by atoms with van der Waals surface area (Å²) in [5, 5.41) is 0. The van der Waals surface area contributed by atoms with Crippen molar-refractivity contribution in [2.24, 2.45) is 0 Å². The Morgan fingerprint density at radius 2 is 1.83 bits per heavy atom. The molecule has 2 rings (SSSR count). The van der Waals surface area contributed by atoms with Crippen LogP contribution in [0.4, 0.5) is 0 Å². The zero-order valence-electron chi connectivity index (χ0n) is 14.5. The molecule has 5 heteroatoms. The number of benzene rings is 1. The molecule has 23 heavy (non-hydrogen) atoms. The summed E-state index contributed by atoms with van der Waals surface area (Å²) in [5.74, 6) is 0.137. The van der Waals surface area contributed by atoms with Crippen molar-refractivity contribution in [1.29, 1.82) is 0 Å². The van der Waals surface area contributed by atoms with Crippen LogP contribution in [0.1, 0.15) is 22.5 Å². The van der Waals surface area contributed by atoms with E-state index < -0.39 is 0 Å². The molecular weight excluding hydrogens is 288 g/mol. The number of aromatic nitrogens is 2. The van der Waals surface area contributed by atoms with E-state index in [1.807, 2.05) is 50.2 Å². The molecule has 0 aliphatic heterocycles. The average Bonchev–Trinajstić information content (AvgIpc) is 2.90. The van der Waals surface area contributed by atoms with Crippen LogP contribution in [0.25, 0.3) is 0 Å². The van der Waals surface area contributed by atoms with Crippen molar-refractivity contribution in [2.75, 3.05) is 27.2 Å². The van der Waals surface area contributed by atoms with Gasteiger partial charge in [-0.3, -0.25) is 4.79 Å². The van der Waals surface area contributed by atoms with E-state index in [0.29, 0.717) is 19.5 Å². The molecule has 0 atom stereocenters. The molecule has 1 aromatic carbocycles. The standard InChI is InChI=1S/C18H26N4O/c1-14-5-7-16(8-6-14)11-18(23)22(10-9-21(3)4)12-17-15(2)19-13-20-17/h5-8,13H,9-12H2,1-4H3,(H,19,20). The van der Waals surface area contributed by atoms with Crippen LogP contribution < -0.4 is 0 Å². The number of H-pyrrole nitrogens is 1. The van der Waals surface area contributed by atoms with Crippen molar-refractivity contribution < 1.29 is 4.79 Å². The summed E-state index contributed by atoms with van der Waals surface area (Å²) >= 11 is 0. The van der Waals surface area contributed by atoms with Gasteiger partial charge in [0.1, 0.15) is 0 Å². The van der Waals surface area contributed by atoms with Gasteiger partial charge in [0.25, 0.3) is 0 Å². The summed E-state index contributed by atoms with van der Waals surface area (Å²) < 4.78 is 0. The molecule has 1 heterocycles. The highest BCUT2D eigenvalue weighted by Gasteiger charge is 2.16. The highest BCUT2D eigenvalue weighted by Crippen LogP contribution is 2.10. The van der Waals surface area contributed by atoms with Gasteiger partial charge in [-0.2, -0.15) is 0 Å². The Balaban J connectivity index is 2.06. The fourth-order valence-corrected chi connectivity index (χ4v) is 2.33. The molecule has 5 nitrogen and oxygen atoms in total. The van der Waals surface area contributed by atoms with E-state index in [1.54, 1.807) is 6.33 Å². The zero-order chi connectivity index (χ0) is 16.8. The minimum absolute atomic E-state index is 0.137. The van der Waals surface area contributed by atoms with Crippen LogP contribution in [0, 0.1) is 13.8 Å². The molecule has 1 aromatic heterocycles. The number of imidazole rings is 1. The number of hydrogen-bond donors (Lipinski definition) is 1. The van der Waals surface area contributed by atoms with Gasteiger partial charge in [0.05, 0.1) is 25.0 Å². The van der Waals surface area contributed by atoms with Crippen molar-refractivity contribution in [3.05, 3.63) is 53.1 Å². The van der Waals surface area contributed by atoms with Crippen molar-refractivity contribution >= 4 is 5.91 Å². The molecule has 0 bridgehead atoms. The number of rotatable bonds is 7. The highest BCUT2D eigenvalue weighted by molar-refractivity contribution is 5.78. The van der Waals surface area contributed by atoms with Crippen LogP contribution in [-0.4, -0.2) is 52.9 Å². The number of amides is 1. The molecule has 124 valence electrons. The summed E-state index contributed by atoms with van der Waals surface area (Å²) in [5.41, 5.74) is 4.20. The normalized spacial score (nSPS) is 11.0. The Hall–Kier alpha value is -2.14. The van der Waals surface area contributed by atoms with Gasteiger partial charge >= 0.3 is 0 Å². The van der Waals surface area contributed by atoms with Gasteiger partial charge in [-0.25, -0.2) is 4.98 Å². The Kier molecular flexibility index (Phi) is 5.93. The zero-order valence-corrected chi connectivity index (χ0v) is 14.5. The first-order valence-corrected chi connectivity index (χ1v) is 7.92. The Bertz CT molecular complexity index is 631. The number of likely N-dealkylation sites (N-methyl/N-ethyl adjacent to an activating group) is 1. The number of nitrogens with zero attached hydrogens (tertiary/aromatic N) is 3. The fourth-order valence-electron chi connectivity index (χ4n) is 2.33. The van der Waals surface area contributed by atoms with E-state index in [2.05, 4.69) is 21.8 Å². The number of hydrogen-bond acceptors (Lipinski definition) is 3. The third-order valence-corrected chi connectivity index (χ3v) is 3.92. The lowest BCUT2D eigenvalue weighted by molar-refractivity contribution is -0.131. The van der Waals surface area contributed by atoms with Crippen molar-refractivity contribution in [1.82, 2.24) is 19.8 Å². The van der Waals surface area contributed by atoms with Crippen LogP contribution in [0.15, 0.2) is 30.6 Å². The second-order valence-corrected chi connectivity index (χ2v) is 6.26. The van der Waals surface area contributed by atoms with Crippen molar-refractivity contribution in [2.45, 2.75) is 26.8 Å². The van der Waals surface area contributed by atoms with E-state index in [9.17, 15) is 4.79 Å². The second kappa shape index (κ2) is 7.92. The molecular formula is C18H26N4O.